The number of H-pyrrole nitrogens is 1. The number of fused-ring (bicyclic) bond motifs is 1. The van der Waals surface area contributed by atoms with E-state index in [1.165, 1.54) is 22.3 Å². The fourth-order valence-corrected chi connectivity index (χ4v) is 3.71. The first-order chi connectivity index (χ1) is 14.0. The van der Waals surface area contributed by atoms with Crippen LogP contribution in [0.15, 0.2) is 64.5 Å². The van der Waals surface area contributed by atoms with E-state index in [4.69, 9.17) is 11.6 Å². The predicted octanol–water partition coefficient (Wildman–Crippen LogP) is 3.78. The van der Waals surface area contributed by atoms with Gasteiger partial charge in [-0.05, 0) is 25.1 Å². The van der Waals surface area contributed by atoms with Gasteiger partial charge in [-0.15, -0.1) is 0 Å². The number of benzene rings is 2. The number of aromatic nitrogens is 4. The number of anilines is 1. The molecule has 9 heteroatoms. The van der Waals surface area contributed by atoms with Gasteiger partial charge in [-0.2, -0.15) is 0 Å². The van der Waals surface area contributed by atoms with Crippen LogP contribution in [0.5, 0.6) is 0 Å². The summed E-state index contributed by atoms with van der Waals surface area (Å²) in [5, 5.41) is 6.36. The molecule has 0 fully saturated rings. The van der Waals surface area contributed by atoms with E-state index in [1.807, 2.05) is 31.2 Å². The van der Waals surface area contributed by atoms with Crippen molar-refractivity contribution in [2.75, 3.05) is 11.1 Å². The number of carbonyl (C=O) groups excluding carboxylic acids is 1. The summed E-state index contributed by atoms with van der Waals surface area (Å²) in [5.74, 6) is 0.341. The van der Waals surface area contributed by atoms with Crippen molar-refractivity contribution in [3.8, 4) is 11.4 Å². The average Bonchev–Trinajstić information content (AvgIpc) is 3.08. The van der Waals surface area contributed by atoms with Gasteiger partial charge >= 0.3 is 0 Å². The molecule has 0 unspecified atom stereocenters. The van der Waals surface area contributed by atoms with Crippen molar-refractivity contribution in [3.05, 3.63) is 75.5 Å². The molecule has 0 saturated heterocycles. The SMILES string of the molecule is Cc1cccc(-c2nc(SCC(=O)Nc3ccccc3Cl)n3[nH]c(=O)cc3n2)c1. The lowest BCUT2D eigenvalue weighted by atomic mass is 10.1. The van der Waals surface area contributed by atoms with Gasteiger partial charge in [0.1, 0.15) is 0 Å². The molecule has 4 aromatic rings. The van der Waals surface area contributed by atoms with Gasteiger partial charge in [0.05, 0.1) is 16.5 Å². The Kier molecular flexibility index (Phi) is 5.37. The average molecular weight is 426 g/mol. The Balaban J connectivity index is 1.61. The third kappa shape index (κ3) is 4.33. The summed E-state index contributed by atoms with van der Waals surface area (Å²) in [6.07, 6.45) is 0. The maximum atomic E-state index is 12.4. The van der Waals surface area contributed by atoms with Crippen LogP contribution in [0.4, 0.5) is 5.69 Å². The number of para-hydroxylation sites is 1. The third-order valence-electron chi connectivity index (χ3n) is 4.08. The molecule has 2 N–H and O–H groups in total. The van der Waals surface area contributed by atoms with E-state index in [-0.39, 0.29) is 17.2 Å². The molecule has 0 saturated carbocycles. The van der Waals surface area contributed by atoms with Gasteiger partial charge in [0, 0.05) is 11.6 Å². The summed E-state index contributed by atoms with van der Waals surface area (Å²) in [7, 11) is 0. The van der Waals surface area contributed by atoms with Crippen LogP contribution >= 0.6 is 23.4 Å². The third-order valence-corrected chi connectivity index (χ3v) is 5.35. The minimum Gasteiger partial charge on any atom is -0.324 e. The molecule has 0 aliphatic heterocycles. The Hall–Kier alpha value is -3.10. The number of thioether (sulfide) groups is 1. The van der Waals surface area contributed by atoms with Gasteiger partial charge in [-0.25, -0.2) is 14.5 Å². The molecular weight excluding hydrogens is 410 g/mol. The lowest BCUT2D eigenvalue weighted by Crippen LogP contribution is -2.15. The first-order valence-corrected chi connectivity index (χ1v) is 10.1. The molecule has 0 spiro atoms. The largest absolute Gasteiger partial charge is 0.324 e. The maximum Gasteiger partial charge on any atom is 0.266 e. The standard InChI is InChI=1S/C20H16ClN5O2S/c1-12-5-4-6-13(9-12)19-23-16-10-17(27)25-26(16)20(24-19)29-11-18(28)22-15-8-3-2-7-14(15)21/h2-10H,11H2,1H3,(H,22,28)(H,25,27). The fourth-order valence-electron chi connectivity index (χ4n) is 2.77. The highest BCUT2D eigenvalue weighted by molar-refractivity contribution is 7.99. The van der Waals surface area contributed by atoms with Gasteiger partial charge in [0.25, 0.3) is 5.56 Å². The summed E-state index contributed by atoms with van der Waals surface area (Å²) in [6.45, 7) is 1.98. The van der Waals surface area contributed by atoms with Crippen LogP contribution in [0.3, 0.4) is 0 Å². The Labute approximate surface area is 175 Å². The quantitative estimate of drug-likeness (QED) is 0.475. The van der Waals surface area contributed by atoms with Gasteiger partial charge in [0.2, 0.25) is 5.91 Å². The molecule has 0 radical (unpaired) electrons. The van der Waals surface area contributed by atoms with E-state index in [0.717, 1.165) is 11.1 Å². The lowest BCUT2D eigenvalue weighted by molar-refractivity contribution is -0.113. The summed E-state index contributed by atoms with van der Waals surface area (Å²) >= 11 is 7.28. The van der Waals surface area contributed by atoms with Crippen LogP contribution in [-0.2, 0) is 4.79 Å². The van der Waals surface area contributed by atoms with Crippen molar-refractivity contribution in [1.29, 1.82) is 0 Å². The van der Waals surface area contributed by atoms with Crippen LogP contribution in [0.25, 0.3) is 17.0 Å². The van der Waals surface area contributed by atoms with Crippen molar-refractivity contribution < 1.29 is 4.79 Å². The molecule has 7 nitrogen and oxygen atoms in total. The maximum absolute atomic E-state index is 12.4. The van der Waals surface area contributed by atoms with Crippen molar-refractivity contribution >= 4 is 40.6 Å². The molecule has 2 aromatic carbocycles. The fraction of sp³-hybridized carbons (Fsp3) is 0.100. The Bertz CT molecular complexity index is 1270. The van der Waals surface area contributed by atoms with E-state index < -0.39 is 0 Å². The molecule has 2 heterocycles. The Morgan fingerprint density at radius 3 is 2.79 bits per heavy atom. The number of amides is 1. The summed E-state index contributed by atoms with van der Waals surface area (Å²) < 4.78 is 1.48. The van der Waals surface area contributed by atoms with Gasteiger partial charge in [0.15, 0.2) is 16.6 Å². The second-order valence-corrected chi connectivity index (χ2v) is 7.68. The van der Waals surface area contributed by atoms with Crippen LogP contribution in [0, 0.1) is 6.92 Å². The first-order valence-electron chi connectivity index (χ1n) is 8.73. The van der Waals surface area contributed by atoms with Crippen molar-refractivity contribution in [1.82, 2.24) is 19.6 Å². The number of hydrogen-bond donors (Lipinski definition) is 2. The molecule has 0 aliphatic rings. The summed E-state index contributed by atoms with van der Waals surface area (Å²) in [6, 6.07) is 16.2. The molecule has 1 amide bonds. The number of nitrogens with zero attached hydrogens (tertiary/aromatic N) is 3. The number of rotatable bonds is 5. The highest BCUT2D eigenvalue weighted by Crippen LogP contribution is 2.24. The lowest BCUT2D eigenvalue weighted by Gasteiger charge is -2.09. The summed E-state index contributed by atoms with van der Waals surface area (Å²) in [5.41, 5.74) is 2.61. The molecular formula is C20H16ClN5O2S. The van der Waals surface area contributed by atoms with E-state index in [0.29, 0.717) is 27.3 Å². The predicted molar refractivity (Wildman–Crippen MR) is 115 cm³/mol. The van der Waals surface area contributed by atoms with E-state index in [9.17, 15) is 9.59 Å². The molecule has 0 bridgehead atoms. The highest BCUT2D eigenvalue weighted by atomic mass is 35.5. The van der Waals surface area contributed by atoms with Gasteiger partial charge in [-0.3, -0.25) is 14.7 Å². The molecule has 0 aliphatic carbocycles. The van der Waals surface area contributed by atoms with Crippen LogP contribution < -0.4 is 10.9 Å². The van der Waals surface area contributed by atoms with E-state index in [2.05, 4.69) is 20.4 Å². The number of hydrogen-bond acceptors (Lipinski definition) is 5. The molecule has 4 rings (SSSR count). The molecule has 2 aromatic heterocycles. The van der Waals surface area contributed by atoms with Gasteiger partial charge < -0.3 is 5.32 Å². The smallest absolute Gasteiger partial charge is 0.266 e. The minimum absolute atomic E-state index is 0.0881. The molecule has 146 valence electrons. The zero-order chi connectivity index (χ0) is 20.4. The molecule has 29 heavy (non-hydrogen) atoms. The van der Waals surface area contributed by atoms with Crippen molar-refractivity contribution in [3.63, 3.8) is 0 Å². The number of carbonyl (C=O) groups is 1. The van der Waals surface area contributed by atoms with Crippen LogP contribution in [-0.4, -0.2) is 31.2 Å². The normalized spacial score (nSPS) is 11.0. The van der Waals surface area contributed by atoms with Gasteiger partial charge in [-0.1, -0.05) is 59.3 Å². The molecule has 0 atom stereocenters. The second-order valence-electron chi connectivity index (χ2n) is 6.33. The topological polar surface area (TPSA) is 92.2 Å². The summed E-state index contributed by atoms with van der Waals surface area (Å²) in [4.78, 5) is 33.2. The first kappa shape index (κ1) is 19.2. The van der Waals surface area contributed by atoms with E-state index in [1.54, 1.807) is 24.3 Å². The highest BCUT2D eigenvalue weighted by Gasteiger charge is 2.14. The minimum atomic E-state index is -0.289. The monoisotopic (exact) mass is 425 g/mol. The van der Waals surface area contributed by atoms with Crippen LogP contribution in [0.2, 0.25) is 5.02 Å². The van der Waals surface area contributed by atoms with Crippen molar-refractivity contribution in [2.24, 2.45) is 0 Å². The number of aromatic amines is 1. The second kappa shape index (κ2) is 8.10. The Morgan fingerprint density at radius 2 is 2.00 bits per heavy atom. The zero-order valence-electron chi connectivity index (χ0n) is 15.3. The Morgan fingerprint density at radius 1 is 1.17 bits per heavy atom. The van der Waals surface area contributed by atoms with Crippen molar-refractivity contribution in [2.45, 2.75) is 12.1 Å². The van der Waals surface area contributed by atoms with Crippen LogP contribution in [0.1, 0.15) is 5.56 Å². The number of halogens is 1. The zero-order valence-corrected chi connectivity index (χ0v) is 16.9. The number of nitrogens with one attached hydrogen (secondary N) is 2. The number of aryl methyl sites for hydroxylation is 1. The van der Waals surface area contributed by atoms with E-state index >= 15 is 0 Å².